The van der Waals surface area contributed by atoms with Gasteiger partial charge in [0.05, 0.1) is 16.9 Å². The van der Waals surface area contributed by atoms with Gasteiger partial charge in [-0.05, 0) is 31.0 Å². The van der Waals surface area contributed by atoms with Crippen LogP contribution in [0.4, 0.5) is 24.5 Å². The molecule has 116 valence electrons. The van der Waals surface area contributed by atoms with Gasteiger partial charge in [-0.2, -0.15) is 13.2 Å². The normalized spacial score (nSPS) is 15.3. The lowest BCUT2D eigenvalue weighted by Crippen LogP contribution is -2.29. The Morgan fingerprint density at radius 3 is 2.52 bits per heavy atom. The van der Waals surface area contributed by atoms with Gasteiger partial charge in [0, 0.05) is 26.1 Å². The van der Waals surface area contributed by atoms with E-state index in [1.807, 2.05) is 0 Å². The average molecular weight is 301 g/mol. The predicted molar refractivity (Wildman–Crippen MR) is 74.8 cm³/mol. The lowest BCUT2D eigenvalue weighted by atomic mass is 10.1. The predicted octanol–water partition coefficient (Wildman–Crippen LogP) is 2.71. The highest BCUT2D eigenvalue weighted by Gasteiger charge is 2.30. The molecule has 4 nitrogen and oxygen atoms in total. The van der Waals surface area contributed by atoms with E-state index in [-0.39, 0.29) is 11.6 Å². The number of benzene rings is 1. The number of amides is 1. The highest BCUT2D eigenvalue weighted by Crippen LogP contribution is 2.32. The summed E-state index contributed by atoms with van der Waals surface area (Å²) in [4.78, 5) is 13.6. The maximum atomic E-state index is 12.5. The fraction of sp³-hybridized carbons (Fsp3) is 0.500. The smallest absolute Gasteiger partial charge is 0.397 e. The van der Waals surface area contributed by atoms with Gasteiger partial charge in [0.15, 0.2) is 0 Å². The molecule has 1 amide bonds. The van der Waals surface area contributed by atoms with Crippen molar-refractivity contribution >= 4 is 17.3 Å². The van der Waals surface area contributed by atoms with Crippen molar-refractivity contribution in [2.24, 2.45) is 0 Å². The Morgan fingerprint density at radius 2 is 1.95 bits per heavy atom. The first-order chi connectivity index (χ1) is 9.88. The number of rotatable bonds is 4. The van der Waals surface area contributed by atoms with Crippen LogP contribution in [0.2, 0.25) is 0 Å². The van der Waals surface area contributed by atoms with Gasteiger partial charge in [0.1, 0.15) is 0 Å². The molecule has 0 unspecified atom stereocenters. The van der Waals surface area contributed by atoms with Gasteiger partial charge in [-0.15, -0.1) is 0 Å². The summed E-state index contributed by atoms with van der Waals surface area (Å²) in [5.41, 5.74) is 5.26. The third-order valence-electron chi connectivity index (χ3n) is 3.49. The van der Waals surface area contributed by atoms with Crippen molar-refractivity contribution in [3.8, 4) is 0 Å². The van der Waals surface area contributed by atoms with Crippen molar-refractivity contribution in [2.75, 3.05) is 30.7 Å². The number of carbonyl (C=O) groups is 1. The molecule has 0 bridgehead atoms. The van der Waals surface area contributed by atoms with E-state index in [1.165, 1.54) is 6.07 Å². The molecule has 21 heavy (non-hydrogen) atoms. The number of nitrogen functional groups attached to an aromatic ring is 1. The topological polar surface area (TPSA) is 58.4 Å². The molecule has 0 atom stereocenters. The zero-order valence-electron chi connectivity index (χ0n) is 11.5. The number of alkyl halides is 3. The maximum Gasteiger partial charge on any atom is 0.416 e. The fourth-order valence-corrected chi connectivity index (χ4v) is 2.33. The Labute approximate surface area is 121 Å². The van der Waals surface area contributed by atoms with Gasteiger partial charge in [0.2, 0.25) is 5.91 Å². The molecule has 0 aliphatic carbocycles. The number of nitrogens with zero attached hydrogens (tertiary/aromatic N) is 1. The van der Waals surface area contributed by atoms with Gasteiger partial charge in [-0.3, -0.25) is 4.79 Å². The molecule has 0 aromatic heterocycles. The molecule has 1 aromatic rings. The quantitative estimate of drug-likeness (QED) is 0.841. The molecule has 0 radical (unpaired) electrons. The van der Waals surface area contributed by atoms with E-state index in [9.17, 15) is 18.0 Å². The second-order valence-corrected chi connectivity index (χ2v) is 5.06. The largest absolute Gasteiger partial charge is 0.416 e. The molecule has 1 aromatic carbocycles. The summed E-state index contributed by atoms with van der Waals surface area (Å²) in [5.74, 6) is 0.0606. The zero-order valence-corrected chi connectivity index (χ0v) is 11.5. The number of hydrogen-bond acceptors (Lipinski definition) is 3. The molecular formula is C14H18F3N3O. The van der Waals surface area contributed by atoms with Crippen LogP contribution in [0.3, 0.4) is 0 Å². The summed E-state index contributed by atoms with van der Waals surface area (Å²) in [6.07, 6.45) is -2.03. The fourth-order valence-electron chi connectivity index (χ4n) is 2.33. The van der Waals surface area contributed by atoms with Gasteiger partial charge >= 0.3 is 6.18 Å². The third-order valence-corrected chi connectivity index (χ3v) is 3.49. The maximum absolute atomic E-state index is 12.5. The number of nitrogens with two attached hydrogens (primary N) is 1. The molecule has 3 N–H and O–H groups in total. The van der Waals surface area contributed by atoms with Crippen LogP contribution in [0.5, 0.6) is 0 Å². The number of carbonyl (C=O) groups excluding carboxylic acids is 1. The van der Waals surface area contributed by atoms with E-state index in [2.05, 4.69) is 5.32 Å². The Balaban J connectivity index is 1.87. The summed E-state index contributed by atoms with van der Waals surface area (Å²) in [7, 11) is 0. The zero-order chi connectivity index (χ0) is 15.5. The number of halogens is 3. The van der Waals surface area contributed by atoms with Gasteiger partial charge in [-0.1, -0.05) is 0 Å². The molecule has 1 aliphatic rings. The molecule has 1 aliphatic heterocycles. The van der Waals surface area contributed by atoms with E-state index >= 15 is 0 Å². The highest BCUT2D eigenvalue weighted by atomic mass is 19.4. The molecule has 1 heterocycles. The second-order valence-electron chi connectivity index (χ2n) is 5.06. The van der Waals surface area contributed by atoms with Gasteiger partial charge in [0.25, 0.3) is 0 Å². The van der Waals surface area contributed by atoms with Crippen molar-refractivity contribution in [3.05, 3.63) is 23.8 Å². The lowest BCUT2D eigenvalue weighted by molar-refractivity contribution is -0.137. The second kappa shape index (κ2) is 6.24. The molecular weight excluding hydrogens is 283 g/mol. The first-order valence-electron chi connectivity index (χ1n) is 6.86. The number of anilines is 2. The van der Waals surface area contributed by atoms with Crippen molar-refractivity contribution in [2.45, 2.75) is 25.4 Å². The summed E-state index contributed by atoms with van der Waals surface area (Å²) >= 11 is 0. The minimum absolute atomic E-state index is 0.0263. The van der Waals surface area contributed by atoms with Crippen LogP contribution in [0.25, 0.3) is 0 Å². The van der Waals surface area contributed by atoms with Crippen LogP contribution in [0.15, 0.2) is 18.2 Å². The molecule has 0 saturated carbocycles. The molecule has 7 heteroatoms. The Hall–Kier alpha value is -1.92. The third kappa shape index (κ3) is 4.03. The van der Waals surface area contributed by atoms with Crippen LogP contribution in [0, 0.1) is 0 Å². The lowest BCUT2D eigenvalue weighted by Gasteiger charge is -2.16. The molecule has 2 rings (SSSR count). The van der Waals surface area contributed by atoms with Gasteiger partial charge in [-0.25, -0.2) is 0 Å². The number of nitrogens with one attached hydrogen (secondary N) is 1. The van der Waals surface area contributed by atoms with Crippen molar-refractivity contribution in [1.82, 2.24) is 4.90 Å². The van der Waals surface area contributed by atoms with Crippen molar-refractivity contribution in [3.63, 3.8) is 0 Å². The number of likely N-dealkylation sites (tertiary alicyclic amines) is 1. The van der Waals surface area contributed by atoms with E-state index in [0.717, 1.165) is 38.1 Å². The van der Waals surface area contributed by atoms with Crippen LogP contribution in [-0.4, -0.2) is 30.4 Å². The summed E-state index contributed by atoms with van der Waals surface area (Å²) in [6.45, 7) is 1.94. The Bertz CT molecular complexity index is 511. The minimum atomic E-state index is -4.40. The Kier molecular flexibility index (Phi) is 4.59. The standard InChI is InChI=1S/C14H18F3N3O/c15-14(16,17)10-3-4-12(11(18)9-10)19-6-5-13(21)20-7-1-2-8-20/h3-4,9,19H,1-2,5-8,18H2. The SMILES string of the molecule is Nc1cc(C(F)(F)F)ccc1NCCC(=O)N1CCCC1. The van der Waals surface area contributed by atoms with Crippen LogP contribution < -0.4 is 11.1 Å². The highest BCUT2D eigenvalue weighted by molar-refractivity contribution is 5.77. The van der Waals surface area contributed by atoms with Crippen LogP contribution in [0.1, 0.15) is 24.8 Å². The average Bonchev–Trinajstić information content (AvgIpc) is 2.93. The van der Waals surface area contributed by atoms with Crippen LogP contribution >= 0.6 is 0 Å². The van der Waals surface area contributed by atoms with E-state index in [0.29, 0.717) is 18.7 Å². The van der Waals surface area contributed by atoms with Crippen molar-refractivity contribution in [1.29, 1.82) is 0 Å². The van der Waals surface area contributed by atoms with Crippen LogP contribution in [-0.2, 0) is 11.0 Å². The summed E-state index contributed by atoms with van der Waals surface area (Å²) in [5, 5.41) is 2.91. The summed E-state index contributed by atoms with van der Waals surface area (Å²) < 4.78 is 37.5. The monoisotopic (exact) mass is 301 g/mol. The summed E-state index contributed by atoms with van der Waals surface area (Å²) in [6, 6.07) is 3.16. The number of hydrogen-bond donors (Lipinski definition) is 2. The molecule has 0 spiro atoms. The van der Waals surface area contributed by atoms with E-state index in [4.69, 9.17) is 5.73 Å². The first kappa shape index (κ1) is 15.5. The van der Waals surface area contributed by atoms with Crippen molar-refractivity contribution < 1.29 is 18.0 Å². The van der Waals surface area contributed by atoms with E-state index < -0.39 is 11.7 Å². The van der Waals surface area contributed by atoms with Gasteiger partial charge < -0.3 is 16.0 Å². The van der Waals surface area contributed by atoms with E-state index in [1.54, 1.807) is 4.90 Å². The molecule has 1 fully saturated rings. The Morgan fingerprint density at radius 1 is 1.29 bits per heavy atom. The molecule has 1 saturated heterocycles. The minimum Gasteiger partial charge on any atom is -0.397 e. The first-order valence-corrected chi connectivity index (χ1v) is 6.86.